The second-order valence-corrected chi connectivity index (χ2v) is 7.22. The fourth-order valence-corrected chi connectivity index (χ4v) is 4.04. The van der Waals surface area contributed by atoms with Crippen molar-refractivity contribution in [3.63, 3.8) is 0 Å². The molecule has 2 aliphatic rings. The second kappa shape index (κ2) is 7.67. The lowest BCUT2D eigenvalue weighted by Gasteiger charge is -2.37. The van der Waals surface area contributed by atoms with E-state index in [-0.39, 0.29) is 18.9 Å². The molecule has 0 radical (unpaired) electrons. The minimum absolute atomic E-state index is 0.153. The first-order valence-corrected chi connectivity index (χ1v) is 10.1. The molecule has 2 aliphatic heterocycles. The molecule has 2 amide bonds. The van der Waals surface area contributed by atoms with E-state index >= 15 is 0 Å². The zero-order valence-corrected chi connectivity index (χ0v) is 16.7. The molecule has 0 bridgehead atoms. The first-order valence-electron chi connectivity index (χ1n) is 10.1. The second-order valence-electron chi connectivity index (χ2n) is 7.22. The normalized spacial score (nSPS) is 16.8. The summed E-state index contributed by atoms with van der Waals surface area (Å²) >= 11 is 0. The molecule has 0 saturated heterocycles. The number of nitrogens with one attached hydrogen (secondary N) is 1. The maximum absolute atomic E-state index is 13.3. The summed E-state index contributed by atoms with van der Waals surface area (Å²) in [5, 5.41) is 3.01. The molecule has 0 unspecified atom stereocenters. The van der Waals surface area contributed by atoms with Crippen LogP contribution < -0.4 is 19.5 Å². The number of anilines is 1. The van der Waals surface area contributed by atoms with Crippen molar-refractivity contribution in [1.82, 2.24) is 9.47 Å². The molecular weight excluding hydrogens is 382 g/mol. The van der Waals surface area contributed by atoms with E-state index in [0.717, 1.165) is 23.6 Å². The number of rotatable bonds is 4. The van der Waals surface area contributed by atoms with Gasteiger partial charge in [-0.3, -0.25) is 0 Å². The molecule has 7 nitrogen and oxygen atoms in total. The van der Waals surface area contributed by atoms with E-state index in [1.807, 2.05) is 54.3 Å². The number of hydrogen-bond donors (Lipinski definition) is 1. The summed E-state index contributed by atoms with van der Waals surface area (Å²) in [4.78, 5) is 15.1. The summed E-state index contributed by atoms with van der Waals surface area (Å²) < 4.78 is 18.5. The maximum Gasteiger partial charge on any atom is 0.322 e. The van der Waals surface area contributed by atoms with Gasteiger partial charge in [-0.1, -0.05) is 12.1 Å². The van der Waals surface area contributed by atoms with Crippen molar-refractivity contribution in [3.8, 4) is 17.2 Å². The predicted molar refractivity (Wildman–Crippen MR) is 112 cm³/mol. The molecular formula is C23H23N3O4. The molecule has 1 aromatic heterocycles. The van der Waals surface area contributed by atoms with Crippen LogP contribution in [-0.2, 0) is 6.54 Å². The highest BCUT2D eigenvalue weighted by Gasteiger charge is 2.32. The summed E-state index contributed by atoms with van der Waals surface area (Å²) in [5.74, 6) is 2.16. The van der Waals surface area contributed by atoms with Crippen LogP contribution >= 0.6 is 0 Å². The summed E-state index contributed by atoms with van der Waals surface area (Å²) in [6, 6.07) is 17.1. The minimum atomic E-state index is -0.182. The Labute approximate surface area is 174 Å². The molecule has 2 aromatic carbocycles. The van der Waals surface area contributed by atoms with E-state index in [2.05, 4.69) is 22.1 Å². The third-order valence-electron chi connectivity index (χ3n) is 5.43. The SMILES string of the molecule is CCOc1ccc([C@H]2c3cccn3CCN2C(=O)Nc2ccc3c(c2)OCO3)cc1. The summed E-state index contributed by atoms with van der Waals surface area (Å²) in [6.07, 6.45) is 2.06. The van der Waals surface area contributed by atoms with E-state index in [1.165, 1.54) is 0 Å². The predicted octanol–water partition coefficient (Wildman–Crippen LogP) is 4.25. The molecule has 7 heteroatoms. The Morgan fingerprint density at radius 1 is 1.10 bits per heavy atom. The standard InChI is InChI=1S/C23H23N3O4/c1-2-28-18-8-5-16(6-9-18)22-19-4-3-11-25(19)12-13-26(22)23(27)24-17-7-10-20-21(14-17)30-15-29-20/h3-11,14,22H,2,12-13,15H2,1H3,(H,24,27)/t22-/m0/s1. The third kappa shape index (κ3) is 3.32. The maximum atomic E-state index is 13.3. The average Bonchev–Trinajstić information content (AvgIpc) is 3.42. The topological polar surface area (TPSA) is 65.0 Å². The zero-order chi connectivity index (χ0) is 20.5. The Kier molecular flexibility index (Phi) is 4.71. The number of aromatic nitrogens is 1. The molecule has 0 fully saturated rings. The molecule has 1 N–H and O–H groups in total. The molecule has 5 rings (SSSR count). The van der Waals surface area contributed by atoms with Crippen LogP contribution in [0.4, 0.5) is 10.5 Å². The number of hydrogen-bond acceptors (Lipinski definition) is 4. The van der Waals surface area contributed by atoms with Crippen LogP contribution in [0.3, 0.4) is 0 Å². The molecule has 1 atom stereocenters. The largest absolute Gasteiger partial charge is 0.494 e. The Morgan fingerprint density at radius 2 is 1.93 bits per heavy atom. The van der Waals surface area contributed by atoms with E-state index in [1.54, 1.807) is 6.07 Å². The van der Waals surface area contributed by atoms with Gasteiger partial charge in [0.25, 0.3) is 0 Å². The number of carbonyl (C=O) groups excluding carboxylic acids is 1. The van der Waals surface area contributed by atoms with Crippen molar-refractivity contribution in [1.29, 1.82) is 0 Å². The van der Waals surface area contributed by atoms with Crippen molar-refractivity contribution in [2.75, 3.05) is 25.3 Å². The van der Waals surface area contributed by atoms with Gasteiger partial charge in [-0.15, -0.1) is 0 Å². The van der Waals surface area contributed by atoms with Gasteiger partial charge in [-0.05, 0) is 48.9 Å². The van der Waals surface area contributed by atoms with E-state index < -0.39 is 0 Å². The van der Waals surface area contributed by atoms with E-state index in [0.29, 0.717) is 30.3 Å². The van der Waals surface area contributed by atoms with Crippen molar-refractivity contribution >= 4 is 11.7 Å². The molecule has 0 spiro atoms. The van der Waals surface area contributed by atoms with Gasteiger partial charge in [0.2, 0.25) is 6.79 Å². The molecule has 154 valence electrons. The van der Waals surface area contributed by atoms with Gasteiger partial charge in [-0.25, -0.2) is 4.79 Å². The Morgan fingerprint density at radius 3 is 2.77 bits per heavy atom. The van der Waals surface area contributed by atoms with E-state index in [4.69, 9.17) is 14.2 Å². The first kappa shape index (κ1) is 18.4. The Hall–Kier alpha value is -3.61. The highest BCUT2D eigenvalue weighted by molar-refractivity contribution is 5.90. The zero-order valence-electron chi connectivity index (χ0n) is 16.7. The smallest absolute Gasteiger partial charge is 0.322 e. The summed E-state index contributed by atoms with van der Waals surface area (Å²) in [5.41, 5.74) is 2.81. The number of fused-ring (bicyclic) bond motifs is 2. The van der Waals surface area contributed by atoms with Gasteiger partial charge in [-0.2, -0.15) is 0 Å². The minimum Gasteiger partial charge on any atom is -0.494 e. The summed E-state index contributed by atoms with van der Waals surface area (Å²) in [7, 11) is 0. The lowest BCUT2D eigenvalue weighted by molar-refractivity contribution is 0.174. The number of urea groups is 1. The number of nitrogens with zero attached hydrogens (tertiary/aromatic N) is 2. The van der Waals surface area contributed by atoms with Crippen LogP contribution in [0, 0.1) is 0 Å². The number of ether oxygens (including phenoxy) is 3. The van der Waals surface area contributed by atoms with Crippen molar-refractivity contribution in [2.45, 2.75) is 19.5 Å². The van der Waals surface area contributed by atoms with E-state index in [9.17, 15) is 4.79 Å². The molecule has 30 heavy (non-hydrogen) atoms. The highest BCUT2D eigenvalue weighted by Crippen LogP contribution is 2.36. The quantitative estimate of drug-likeness (QED) is 0.705. The average molecular weight is 405 g/mol. The molecule has 3 aromatic rings. The van der Waals surface area contributed by atoms with Crippen LogP contribution in [-0.4, -0.2) is 35.4 Å². The Balaban J connectivity index is 1.43. The molecule has 0 saturated carbocycles. The number of amides is 2. The van der Waals surface area contributed by atoms with Gasteiger partial charge in [0.1, 0.15) is 5.75 Å². The first-order chi connectivity index (χ1) is 14.7. The molecule has 3 heterocycles. The van der Waals surface area contributed by atoms with Crippen LogP contribution in [0.1, 0.15) is 24.2 Å². The van der Waals surface area contributed by atoms with Crippen LogP contribution in [0.5, 0.6) is 17.2 Å². The van der Waals surface area contributed by atoms with Crippen LogP contribution in [0.15, 0.2) is 60.8 Å². The summed E-state index contributed by atoms with van der Waals surface area (Å²) in [6.45, 7) is 4.15. The fraction of sp³-hybridized carbons (Fsp3) is 0.261. The van der Waals surface area contributed by atoms with Crippen molar-refractivity contribution in [3.05, 3.63) is 72.1 Å². The molecule has 0 aliphatic carbocycles. The van der Waals surface area contributed by atoms with Crippen LogP contribution in [0.2, 0.25) is 0 Å². The van der Waals surface area contributed by atoms with Gasteiger partial charge in [0.15, 0.2) is 11.5 Å². The van der Waals surface area contributed by atoms with Crippen LogP contribution in [0.25, 0.3) is 0 Å². The van der Waals surface area contributed by atoms with Gasteiger partial charge in [0.05, 0.1) is 12.6 Å². The lowest BCUT2D eigenvalue weighted by atomic mass is 10.00. The fourth-order valence-electron chi connectivity index (χ4n) is 4.04. The van der Waals surface area contributed by atoms with Gasteiger partial charge in [0, 0.05) is 36.7 Å². The highest BCUT2D eigenvalue weighted by atomic mass is 16.7. The van der Waals surface area contributed by atoms with Crippen molar-refractivity contribution < 1.29 is 19.0 Å². The van der Waals surface area contributed by atoms with Gasteiger partial charge < -0.3 is 29.0 Å². The number of carbonyl (C=O) groups is 1. The third-order valence-corrected chi connectivity index (χ3v) is 5.43. The van der Waals surface area contributed by atoms with Crippen molar-refractivity contribution in [2.24, 2.45) is 0 Å². The lowest BCUT2D eigenvalue weighted by Crippen LogP contribution is -2.44. The number of benzene rings is 2. The van der Waals surface area contributed by atoms with Gasteiger partial charge >= 0.3 is 6.03 Å². The Bertz CT molecular complexity index is 1060. The monoisotopic (exact) mass is 405 g/mol.